The minimum absolute atomic E-state index is 0.0304. The van der Waals surface area contributed by atoms with Crippen molar-refractivity contribution >= 4 is 33.0 Å². The highest BCUT2D eigenvalue weighted by Crippen LogP contribution is 2.21. The lowest BCUT2D eigenvalue weighted by Crippen LogP contribution is -2.44. The molecule has 1 aliphatic rings. The zero-order chi connectivity index (χ0) is 19.3. The van der Waals surface area contributed by atoms with Crippen molar-refractivity contribution in [3.8, 4) is 0 Å². The van der Waals surface area contributed by atoms with Crippen LogP contribution in [-0.4, -0.2) is 57.4 Å². The van der Waals surface area contributed by atoms with E-state index in [9.17, 15) is 18.0 Å². The Morgan fingerprint density at radius 3 is 2.15 bits per heavy atom. The van der Waals surface area contributed by atoms with Crippen LogP contribution in [0.4, 0.5) is 11.4 Å². The van der Waals surface area contributed by atoms with E-state index in [-0.39, 0.29) is 35.9 Å². The first-order chi connectivity index (χ1) is 12.3. The van der Waals surface area contributed by atoms with Crippen LogP contribution >= 0.6 is 0 Å². The number of amides is 2. The van der Waals surface area contributed by atoms with E-state index in [1.807, 2.05) is 24.3 Å². The second kappa shape index (κ2) is 8.53. The molecular weight excluding hydrogens is 354 g/mol. The fraction of sp³-hybridized carbons (Fsp3) is 0.556. The maximum absolute atomic E-state index is 12.3. The summed E-state index contributed by atoms with van der Waals surface area (Å²) in [6.07, 6.45) is 0.423. The fourth-order valence-corrected chi connectivity index (χ4v) is 4.82. The summed E-state index contributed by atoms with van der Waals surface area (Å²) in [7, 11) is -3.06. The van der Waals surface area contributed by atoms with E-state index in [1.54, 1.807) is 0 Å². The average molecular weight is 381 g/mol. The average Bonchev–Trinajstić information content (AvgIpc) is 2.93. The first-order valence-electron chi connectivity index (χ1n) is 8.88. The lowest BCUT2D eigenvalue weighted by Gasteiger charge is -2.24. The van der Waals surface area contributed by atoms with Crippen LogP contribution in [0.1, 0.15) is 27.2 Å². The molecule has 2 amide bonds. The summed E-state index contributed by atoms with van der Waals surface area (Å²) in [6, 6.07) is 7.14. The van der Waals surface area contributed by atoms with Gasteiger partial charge in [0.2, 0.25) is 11.8 Å². The van der Waals surface area contributed by atoms with Gasteiger partial charge in [-0.25, -0.2) is 8.42 Å². The molecule has 0 saturated carbocycles. The fourth-order valence-electron chi connectivity index (χ4n) is 3.14. The van der Waals surface area contributed by atoms with Crippen LogP contribution in [0.3, 0.4) is 0 Å². The van der Waals surface area contributed by atoms with Crippen LogP contribution in [0.5, 0.6) is 0 Å². The molecule has 8 heteroatoms. The summed E-state index contributed by atoms with van der Waals surface area (Å²) in [4.78, 5) is 27.8. The summed E-state index contributed by atoms with van der Waals surface area (Å²) in [5, 5.41) is 2.72. The van der Waals surface area contributed by atoms with Gasteiger partial charge in [0.15, 0.2) is 9.84 Å². The highest BCUT2D eigenvalue weighted by molar-refractivity contribution is 7.91. The van der Waals surface area contributed by atoms with Crippen LogP contribution in [0.25, 0.3) is 0 Å². The summed E-state index contributed by atoms with van der Waals surface area (Å²) >= 11 is 0. The molecule has 7 nitrogen and oxygen atoms in total. The predicted octanol–water partition coefficient (Wildman–Crippen LogP) is 1.19. The lowest BCUT2D eigenvalue weighted by molar-refractivity contribution is -0.123. The Kier molecular flexibility index (Phi) is 6.63. The first-order valence-corrected chi connectivity index (χ1v) is 10.7. The minimum atomic E-state index is -3.06. The molecular formula is C18H27N3O4S. The van der Waals surface area contributed by atoms with Crippen LogP contribution in [0.15, 0.2) is 24.3 Å². The van der Waals surface area contributed by atoms with Gasteiger partial charge in [-0.15, -0.1) is 0 Å². The molecule has 1 N–H and O–H groups in total. The van der Waals surface area contributed by atoms with Crippen molar-refractivity contribution in [1.82, 2.24) is 5.32 Å². The van der Waals surface area contributed by atoms with Gasteiger partial charge in [-0.05, 0) is 44.5 Å². The van der Waals surface area contributed by atoms with Gasteiger partial charge < -0.3 is 15.1 Å². The smallest absolute Gasteiger partial charge is 0.240 e. The normalized spacial score (nSPS) is 18.3. The van der Waals surface area contributed by atoms with Crippen LogP contribution < -0.4 is 15.1 Å². The topological polar surface area (TPSA) is 86.8 Å². The number of anilines is 2. The van der Waals surface area contributed by atoms with Gasteiger partial charge in [0.1, 0.15) is 6.54 Å². The molecule has 0 radical (unpaired) electrons. The maximum Gasteiger partial charge on any atom is 0.240 e. The summed E-state index contributed by atoms with van der Waals surface area (Å²) in [5.74, 6) is -0.525. The van der Waals surface area contributed by atoms with Crippen molar-refractivity contribution in [2.75, 3.05) is 40.9 Å². The van der Waals surface area contributed by atoms with Gasteiger partial charge in [0, 0.05) is 37.4 Å². The number of nitrogens with zero attached hydrogens (tertiary/aromatic N) is 2. The van der Waals surface area contributed by atoms with E-state index < -0.39 is 9.84 Å². The molecule has 1 atom stereocenters. The molecule has 1 unspecified atom stereocenters. The molecule has 1 aromatic carbocycles. The van der Waals surface area contributed by atoms with Gasteiger partial charge in [-0.1, -0.05) is 0 Å². The number of carbonyl (C=O) groups is 2. The molecule has 1 heterocycles. The number of rotatable bonds is 7. The van der Waals surface area contributed by atoms with Gasteiger partial charge in [0.25, 0.3) is 0 Å². The highest BCUT2D eigenvalue weighted by Gasteiger charge is 2.29. The van der Waals surface area contributed by atoms with Crippen molar-refractivity contribution < 1.29 is 18.0 Å². The Hall–Kier alpha value is -2.09. The van der Waals surface area contributed by atoms with E-state index >= 15 is 0 Å². The molecule has 1 aliphatic heterocycles. The summed E-state index contributed by atoms with van der Waals surface area (Å²) in [5.41, 5.74) is 1.70. The standard InChI is InChI=1S/C18H27N3O4S/c1-4-20(5-2)16-6-8-17(9-7-16)21(14(3)22)12-18(23)19-15-10-11-26(24,25)13-15/h6-9,15H,4-5,10-13H2,1-3H3,(H,19,23). The Labute approximate surface area is 155 Å². The third-order valence-corrected chi connectivity index (χ3v) is 6.34. The van der Waals surface area contributed by atoms with Crippen molar-refractivity contribution in [2.24, 2.45) is 0 Å². The summed E-state index contributed by atoms with van der Waals surface area (Å²) in [6.45, 7) is 7.21. The molecule has 0 spiro atoms. The molecule has 0 aliphatic carbocycles. The maximum atomic E-state index is 12.3. The molecule has 1 fully saturated rings. The first kappa shape index (κ1) is 20.2. The third kappa shape index (κ3) is 5.20. The molecule has 1 aromatic rings. The number of benzene rings is 1. The van der Waals surface area contributed by atoms with Crippen molar-refractivity contribution in [2.45, 2.75) is 33.2 Å². The number of sulfone groups is 1. The Balaban J connectivity index is 2.04. The van der Waals surface area contributed by atoms with Crippen molar-refractivity contribution in [3.63, 3.8) is 0 Å². The lowest BCUT2D eigenvalue weighted by atomic mass is 10.2. The molecule has 144 valence electrons. The largest absolute Gasteiger partial charge is 0.372 e. The zero-order valence-electron chi connectivity index (χ0n) is 15.6. The van der Waals surface area contributed by atoms with Crippen molar-refractivity contribution in [1.29, 1.82) is 0 Å². The number of hydrogen-bond donors (Lipinski definition) is 1. The Morgan fingerprint density at radius 2 is 1.69 bits per heavy atom. The van der Waals surface area contributed by atoms with Crippen LogP contribution in [-0.2, 0) is 19.4 Å². The number of carbonyl (C=O) groups excluding carboxylic acids is 2. The highest BCUT2D eigenvalue weighted by atomic mass is 32.2. The van der Waals surface area contributed by atoms with Gasteiger partial charge in [-0.3, -0.25) is 9.59 Å². The van der Waals surface area contributed by atoms with E-state index in [2.05, 4.69) is 24.1 Å². The molecule has 0 aromatic heterocycles. The van der Waals surface area contributed by atoms with Crippen molar-refractivity contribution in [3.05, 3.63) is 24.3 Å². The third-order valence-electron chi connectivity index (χ3n) is 4.57. The second-order valence-corrected chi connectivity index (χ2v) is 8.69. The van der Waals surface area contributed by atoms with Gasteiger partial charge in [0.05, 0.1) is 11.5 Å². The second-order valence-electron chi connectivity index (χ2n) is 6.46. The minimum Gasteiger partial charge on any atom is -0.372 e. The number of hydrogen-bond acceptors (Lipinski definition) is 5. The summed E-state index contributed by atoms with van der Waals surface area (Å²) < 4.78 is 23.0. The van der Waals surface area contributed by atoms with Crippen LogP contribution in [0.2, 0.25) is 0 Å². The quantitative estimate of drug-likeness (QED) is 0.767. The monoisotopic (exact) mass is 381 g/mol. The van der Waals surface area contributed by atoms with E-state index in [1.165, 1.54) is 11.8 Å². The predicted molar refractivity (Wildman–Crippen MR) is 103 cm³/mol. The van der Waals surface area contributed by atoms with Gasteiger partial charge in [-0.2, -0.15) is 0 Å². The number of nitrogens with one attached hydrogen (secondary N) is 1. The van der Waals surface area contributed by atoms with E-state index in [0.29, 0.717) is 12.1 Å². The van der Waals surface area contributed by atoms with E-state index in [0.717, 1.165) is 18.8 Å². The Morgan fingerprint density at radius 1 is 1.12 bits per heavy atom. The van der Waals surface area contributed by atoms with Crippen LogP contribution in [0, 0.1) is 0 Å². The molecule has 26 heavy (non-hydrogen) atoms. The SMILES string of the molecule is CCN(CC)c1ccc(N(CC(=O)NC2CCS(=O)(=O)C2)C(C)=O)cc1. The van der Waals surface area contributed by atoms with Gasteiger partial charge >= 0.3 is 0 Å². The van der Waals surface area contributed by atoms with E-state index in [4.69, 9.17) is 0 Å². The Bertz CT molecular complexity index is 742. The molecule has 2 rings (SSSR count). The molecule has 0 bridgehead atoms. The zero-order valence-corrected chi connectivity index (χ0v) is 16.4. The molecule has 1 saturated heterocycles.